The Morgan fingerprint density at radius 2 is 1.86 bits per heavy atom. The number of nitrogens with zero attached hydrogens (tertiary/aromatic N) is 1. The molecule has 1 heterocycles. The lowest BCUT2D eigenvalue weighted by Crippen LogP contribution is -2.13. The third-order valence-electron chi connectivity index (χ3n) is 2.55. The van der Waals surface area contributed by atoms with Crippen molar-refractivity contribution < 1.29 is 19.8 Å². The maximum absolute atomic E-state index is 12.1. The Bertz CT molecular complexity index is 734. The summed E-state index contributed by atoms with van der Waals surface area (Å²) in [5.74, 6) is -2.29. The number of halogens is 2. The highest BCUT2D eigenvalue weighted by Crippen LogP contribution is 2.23. The molecule has 0 radical (unpaired) electrons. The quantitative estimate of drug-likeness (QED) is 0.594. The highest BCUT2D eigenvalue weighted by Gasteiger charge is 2.15. The topological polar surface area (TPSA) is 99.5 Å². The Morgan fingerprint density at radius 3 is 2.52 bits per heavy atom. The number of carboxylic acids is 1. The van der Waals surface area contributed by atoms with Gasteiger partial charge in [0.05, 0.1) is 10.6 Å². The van der Waals surface area contributed by atoms with E-state index >= 15 is 0 Å². The van der Waals surface area contributed by atoms with Gasteiger partial charge in [0.2, 0.25) is 0 Å². The van der Waals surface area contributed by atoms with Crippen molar-refractivity contribution in [3.05, 3.63) is 51.8 Å². The third kappa shape index (κ3) is 3.42. The summed E-state index contributed by atoms with van der Waals surface area (Å²) >= 11 is 11.5. The number of phenols is 1. The Labute approximate surface area is 129 Å². The van der Waals surface area contributed by atoms with E-state index in [1.165, 1.54) is 24.4 Å². The number of aromatic nitrogens is 1. The molecule has 108 valence electrons. The molecule has 0 fully saturated rings. The number of rotatable bonds is 3. The molecule has 1 aromatic carbocycles. The molecule has 0 aliphatic rings. The molecule has 0 saturated heterocycles. The van der Waals surface area contributed by atoms with Crippen molar-refractivity contribution in [2.75, 3.05) is 5.32 Å². The number of carboxylic acid groups (broad SMARTS) is 1. The second kappa shape index (κ2) is 5.99. The first-order valence-corrected chi connectivity index (χ1v) is 6.33. The largest absolute Gasteiger partial charge is 0.507 e. The average molecular weight is 327 g/mol. The van der Waals surface area contributed by atoms with Gasteiger partial charge in [-0.05, 0) is 24.3 Å². The van der Waals surface area contributed by atoms with Crippen LogP contribution in [0.3, 0.4) is 0 Å². The monoisotopic (exact) mass is 326 g/mol. The fraction of sp³-hybridized carbons (Fsp3) is 0. The zero-order chi connectivity index (χ0) is 15.6. The van der Waals surface area contributed by atoms with Crippen LogP contribution in [-0.4, -0.2) is 27.1 Å². The minimum Gasteiger partial charge on any atom is -0.507 e. The van der Waals surface area contributed by atoms with E-state index in [0.717, 1.165) is 6.07 Å². The van der Waals surface area contributed by atoms with Gasteiger partial charge in [-0.2, -0.15) is 0 Å². The summed E-state index contributed by atoms with van der Waals surface area (Å²) in [5, 5.41) is 21.0. The predicted molar refractivity (Wildman–Crippen MR) is 77.3 cm³/mol. The number of carbonyl (C=O) groups excluding carboxylic acids is 1. The van der Waals surface area contributed by atoms with Crippen LogP contribution in [0.5, 0.6) is 5.75 Å². The number of hydrogen-bond donors (Lipinski definition) is 3. The van der Waals surface area contributed by atoms with E-state index in [2.05, 4.69) is 10.3 Å². The first-order valence-electron chi connectivity index (χ1n) is 5.57. The molecule has 3 N–H and O–H groups in total. The molecule has 0 aliphatic carbocycles. The van der Waals surface area contributed by atoms with Crippen molar-refractivity contribution in [2.45, 2.75) is 0 Å². The van der Waals surface area contributed by atoms with Gasteiger partial charge in [-0.3, -0.25) is 4.79 Å². The number of anilines is 1. The molecule has 2 rings (SSSR count). The van der Waals surface area contributed by atoms with Crippen molar-refractivity contribution in [1.82, 2.24) is 4.98 Å². The molecule has 0 unspecified atom stereocenters. The van der Waals surface area contributed by atoms with Gasteiger partial charge in [0.15, 0.2) is 0 Å². The fourth-order valence-electron chi connectivity index (χ4n) is 1.57. The molecule has 1 aromatic heterocycles. The van der Waals surface area contributed by atoms with E-state index < -0.39 is 17.6 Å². The zero-order valence-electron chi connectivity index (χ0n) is 10.3. The second-order valence-electron chi connectivity index (χ2n) is 3.98. The van der Waals surface area contributed by atoms with Gasteiger partial charge in [0, 0.05) is 11.9 Å². The summed E-state index contributed by atoms with van der Waals surface area (Å²) in [4.78, 5) is 26.7. The van der Waals surface area contributed by atoms with Crippen LogP contribution >= 0.6 is 23.2 Å². The molecular formula is C13H8Cl2N2O4. The molecular weight excluding hydrogens is 319 g/mol. The summed E-state index contributed by atoms with van der Waals surface area (Å²) in [6, 6.07) is 4.95. The van der Waals surface area contributed by atoms with Crippen LogP contribution in [-0.2, 0) is 0 Å². The van der Waals surface area contributed by atoms with Crippen LogP contribution in [0, 0.1) is 0 Å². The van der Waals surface area contributed by atoms with Crippen LogP contribution < -0.4 is 5.32 Å². The number of nitrogens with one attached hydrogen (secondary N) is 1. The summed E-state index contributed by atoms with van der Waals surface area (Å²) < 4.78 is 0. The lowest BCUT2D eigenvalue weighted by Gasteiger charge is -2.08. The molecule has 1 amide bonds. The summed E-state index contributed by atoms with van der Waals surface area (Å²) in [6.45, 7) is 0. The third-order valence-corrected chi connectivity index (χ3v) is 3.06. The van der Waals surface area contributed by atoms with Crippen LogP contribution in [0.15, 0.2) is 30.5 Å². The molecule has 21 heavy (non-hydrogen) atoms. The molecule has 0 atom stereocenters. The number of benzene rings is 1. The van der Waals surface area contributed by atoms with Gasteiger partial charge < -0.3 is 15.5 Å². The Hall–Kier alpha value is -2.31. The van der Waals surface area contributed by atoms with Gasteiger partial charge in [-0.25, -0.2) is 9.78 Å². The molecule has 0 spiro atoms. The maximum atomic E-state index is 12.1. The number of aromatic carboxylic acids is 1. The Kier molecular flexibility index (Phi) is 4.30. The highest BCUT2D eigenvalue weighted by molar-refractivity contribution is 6.35. The molecule has 0 bridgehead atoms. The van der Waals surface area contributed by atoms with Crippen LogP contribution in [0.25, 0.3) is 0 Å². The number of aromatic hydroxyl groups is 1. The van der Waals surface area contributed by atoms with Crippen molar-refractivity contribution in [3.63, 3.8) is 0 Å². The smallest absolute Gasteiger partial charge is 0.339 e. The predicted octanol–water partition coefficient (Wildman–Crippen LogP) is 3.04. The molecule has 0 saturated carbocycles. The summed E-state index contributed by atoms with van der Waals surface area (Å²) in [6.07, 6.45) is 1.23. The fourth-order valence-corrected chi connectivity index (χ4v) is 1.92. The van der Waals surface area contributed by atoms with E-state index in [9.17, 15) is 14.7 Å². The van der Waals surface area contributed by atoms with Gasteiger partial charge in [0.1, 0.15) is 16.5 Å². The summed E-state index contributed by atoms with van der Waals surface area (Å²) in [7, 11) is 0. The standard InChI is InChI=1S/C13H8Cl2N2O4/c14-9-5-16-11(15)4-7(9)12(19)17-6-1-2-10(18)8(3-6)13(20)21/h1-5,18H,(H,17,19)(H,20,21). The van der Waals surface area contributed by atoms with Gasteiger partial charge in [-0.15, -0.1) is 0 Å². The van der Waals surface area contributed by atoms with Crippen LogP contribution in [0.2, 0.25) is 10.2 Å². The van der Waals surface area contributed by atoms with Crippen molar-refractivity contribution in [3.8, 4) is 5.75 Å². The summed E-state index contributed by atoms with van der Waals surface area (Å²) in [5.41, 5.74) is -0.0347. The van der Waals surface area contributed by atoms with Crippen molar-refractivity contribution in [2.24, 2.45) is 0 Å². The van der Waals surface area contributed by atoms with Crippen LogP contribution in [0.4, 0.5) is 5.69 Å². The van der Waals surface area contributed by atoms with E-state index in [1.54, 1.807) is 0 Å². The maximum Gasteiger partial charge on any atom is 0.339 e. The normalized spacial score (nSPS) is 10.2. The van der Waals surface area contributed by atoms with Gasteiger partial charge >= 0.3 is 5.97 Å². The van der Waals surface area contributed by atoms with Crippen molar-refractivity contribution in [1.29, 1.82) is 0 Å². The Balaban J connectivity index is 2.29. The lowest BCUT2D eigenvalue weighted by atomic mass is 10.1. The SMILES string of the molecule is O=C(O)c1cc(NC(=O)c2cc(Cl)ncc2Cl)ccc1O. The molecule has 2 aromatic rings. The lowest BCUT2D eigenvalue weighted by molar-refractivity contribution is 0.0693. The van der Waals surface area contributed by atoms with Crippen molar-refractivity contribution >= 4 is 40.8 Å². The van der Waals surface area contributed by atoms with E-state index in [1.807, 2.05) is 0 Å². The molecule has 0 aliphatic heterocycles. The van der Waals surface area contributed by atoms with E-state index in [0.29, 0.717) is 0 Å². The number of hydrogen-bond acceptors (Lipinski definition) is 4. The highest BCUT2D eigenvalue weighted by atomic mass is 35.5. The van der Waals surface area contributed by atoms with Crippen LogP contribution in [0.1, 0.15) is 20.7 Å². The number of carbonyl (C=O) groups is 2. The molecule has 6 nitrogen and oxygen atoms in total. The second-order valence-corrected chi connectivity index (χ2v) is 4.77. The van der Waals surface area contributed by atoms with E-state index in [4.69, 9.17) is 28.3 Å². The molecule has 8 heteroatoms. The zero-order valence-corrected chi connectivity index (χ0v) is 11.8. The van der Waals surface area contributed by atoms with Gasteiger partial charge in [-0.1, -0.05) is 23.2 Å². The number of pyridine rings is 1. The first kappa shape index (κ1) is 15.1. The van der Waals surface area contributed by atoms with Gasteiger partial charge in [0.25, 0.3) is 5.91 Å². The van der Waals surface area contributed by atoms with E-state index in [-0.39, 0.29) is 27.0 Å². The first-order chi connectivity index (χ1) is 9.88. The number of amides is 1. The average Bonchev–Trinajstić information content (AvgIpc) is 2.43. The Morgan fingerprint density at radius 1 is 1.14 bits per heavy atom. The minimum atomic E-state index is -1.31. The minimum absolute atomic E-state index is 0.0986.